The number of carbonyl (C=O) groups is 1. The molecule has 8 heteroatoms. The summed E-state index contributed by atoms with van der Waals surface area (Å²) in [6.45, 7) is 4.43. The van der Waals surface area contributed by atoms with Crippen LogP contribution in [0.1, 0.15) is 30.1 Å². The summed E-state index contributed by atoms with van der Waals surface area (Å²) in [5.74, 6) is 0.293. The normalized spacial score (nSPS) is 21.0. The summed E-state index contributed by atoms with van der Waals surface area (Å²) >= 11 is 0. The molecule has 0 bridgehead atoms. The van der Waals surface area contributed by atoms with Crippen LogP contribution in [0, 0.1) is 5.92 Å². The molecule has 35 heavy (non-hydrogen) atoms. The standard InChI is InChI=1S/C27H32N4O3S/c32-27(28-19-23-13-15-29(21-23)20-22-8-3-1-4-9-22)18-26-25-12-7-14-30(25)16-17-31(26)35(33,34)24-10-5-2-6-11-24/h1-12,14,23,26H,13,15-21H2,(H,28,32). The van der Waals surface area contributed by atoms with E-state index in [1.165, 1.54) is 9.87 Å². The van der Waals surface area contributed by atoms with E-state index in [2.05, 4.69) is 34.5 Å². The van der Waals surface area contributed by atoms with Crippen LogP contribution in [0.15, 0.2) is 83.9 Å². The molecule has 0 aliphatic carbocycles. The number of hydrogen-bond acceptors (Lipinski definition) is 4. The Hall–Kier alpha value is -2.94. The lowest BCUT2D eigenvalue weighted by Gasteiger charge is -2.35. The van der Waals surface area contributed by atoms with Gasteiger partial charge in [-0.15, -0.1) is 0 Å². The maximum atomic E-state index is 13.4. The number of benzene rings is 2. The van der Waals surface area contributed by atoms with Gasteiger partial charge >= 0.3 is 0 Å². The molecule has 2 unspecified atom stereocenters. The minimum Gasteiger partial charge on any atom is -0.356 e. The third kappa shape index (κ3) is 5.34. The molecule has 1 fully saturated rings. The molecule has 1 N–H and O–H groups in total. The predicted octanol–water partition coefficient (Wildman–Crippen LogP) is 3.26. The van der Waals surface area contributed by atoms with Gasteiger partial charge in [0.05, 0.1) is 10.9 Å². The van der Waals surface area contributed by atoms with Crippen molar-refractivity contribution in [2.24, 2.45) is 5.92 Å². The van der Waals surface area contributed by atoms with E-state index in [9.17, 15) is 13.2 Å². The molecule has 1 aromatic heterocycles. The topological polar surface area (TPSA) is 74.6 Å². The Morgan fingerprint density at radius 1 is 0.914 bits per heavy atom. The number of nitrogens with zero attached hydrogens (tertiary/aromatic N) is 3. The van der Waals surface area contributed by atoms with Gasteiger partial charge in [0.15, 0.2) is 0 Å². The molecule has 7 nitrogen and oxygen atoms in total. The highest BCUT2D eigenvalue weighted by molar-refractivity contribution is 7.89. The van der Waals surface area contributed by atoms with E-state index >= 15 is 0 Å². The summed E-state index contributed by atoms with van der Waals surface area (Å²) in [7, 11) is -3.71. The van der Waals surface area contributed by atoms with E-state index in [0.29, 0.717) is 25.6 Å². The lowest BCUT2D eigenvalue weighted by Crippen LogP contribution is -2.44. The number of rotatable bonds is 8. The van der Waals surface area contributed by atoms with Gasteiger partial charge in [0.25, 0.3) is 0 Å². The Kier molecular flexibility index (Phi) is 7.04. The number of hydrogen-bond donors (Lipinski definition) is 1. The first-order valence-electron chi connectivity index (χ1n) is 12.3. The fourth-order valence-electron chi connectivity index (χ4n) is 5.24. The van der Waals surface area contributed by atoms with Gasteiger partial charge in [0, 0.05) is 51.0 Å². The SMILES string of the molecule is O=C(CC1c2cccn2CCN1S(=O)(=O)c1ccccc1)NCC1CCN(Cc2ccccc2)C1. The molecule has 0 saturated carbocycles. The molecule has 5 rings (SSSR count). The molecule has 184 valence electrons. The third-order valence-corrected chi connectivity index (χ3v) is 8.97. The van der Waals surface area contributed by atoms with Crippen LogP contribution in [-0.4, -0.2) is 54.3 Å². The van der Waals surface area contributed by atoms with Crippen LogP contribution in [0.25, 0.3) is 0 Å². The van der Waals surface area contributed by atoms with Crippen molar-refractivity contribution in [2.45, 2.75) is 36.9 Å². The number of nitrogens with one attached hydrogen (secondary N) is 1. The van der Waals surface area contributed by atoms with Crippen molar-refractivity contribution < 1.29 is 13.2 Å². The first-order chi connectivity index (χ1) is 17.0. The molecule has 2 aliphatic rings. The fourth-order valence-corrected chi connectivity index (χ4v) is 6.85. The maximum Gasteiger partial charge on any atom is 0.243 e. The Morgan fingerprint density at radius 3 is 2.43 bits per heavy atom. The van der Waals surface area contributed by atoms with E-state index in [-0.39, 0.29) is 17.2 Å². The molecule has 1 amide bonds. The lowest BCUT2D eigenvalue weighted by molar-refractivity contribution is -0.122. The molecular formula is C27H32N4O3S. The first kappa shape index (κ1) is 23.8. The van der Waals surface area contributed by atoms with Gasteiger partial charge in [-0.2, -0.15) is 4.31 Å². The van der Waals surface area contributed by atoms with Crippen molar-refractivity contribution in [3.8, 4) is 0 Å². The average Bonchev–Trinajstić information content (AvgIpc) is 3.54. The van der Waals surface area contributed by atoms with Gasteiger partial charge in [0.1, 0.15) is 0 Å². The van der Waals surface area contributed by atoms with Crippen molar-refractivity contribution in [1.82, 2.24) is 19.1 Å². The third-order valence-electron chi connectivity index (χ3n) is 7.05. The predicted molar refractivity (Wildman–Crippen MR) is 135 cm³/mol. The van der Waals surface area contributed by atoms with Gasteiger partial charge in [-0.05, 0) is 48.7 Å². The quantitative estimate of drug-likeness (QED) is 0.524. The van der Waals surface area contributed by atoms with Crippen LogP contribution in [0.5, 0.6) is 0 Å². The molecule has 3 aromatic rings. The van der Waals surface area contributed by atoms with Crippen molar-refractivity contribution >= 4 is 15.9 Å². The molecule has 0 spiro atoms. The Labute approximate surface area is 207 Å². The summed E-state index contributed by atoms with van der Waals surface area (Å²) < 4.78 is 30.4. The monoisotopic (exact) mass is 492 g/mol. The van der Waals surface area contributed by atoms with E-state index in [1.54, 1.807) is 30.3 Å². The zero-order valence-corrected chi connectivity index (χ0v) is 20.6. The highest BCUT2D eigenvalue weighted by Crippen LogP contribution is 2.34. The zero-order chi connectivity index (χ0) is 24.3. The van der Waals surface area contributed by atoms with Crippen LogP contribution in [0.2, 0.25) is 0 Å². The summed E-state index contributed by atoms with van der Waals surface area (Å²) in [5.41, 5.74) is 2.16. The van der Waals surface area contributed by atoms with E-state index in [4.69, 9.17) is 0 Å². The van der Waals surface area contributed by atoms with E-state index in [1.807, 2.05) is 29.0 Å². The number of likely N-dealkylation sites (tertiary alicyclic amines) is 1. The number of sulfonamides is 1. The summed E-state index contributed by atoms with van der Waals surface area (Å²) in [5, 5.41) is 3.09. The number of amides is 1. The maximum absolute atomic E-state index is 13.4. The van der Waals surface area contributed by atoms with Gasteiger partial charge in [-0.1, -0.05) is 48.5 Å². The Bertz CT molecular complexity index is 1240. The molecule has 0 radical (unpaired) electrons. The smallest absolute Gasteiger partial charge is 0.243 e. The highest BCUT2D eigenvalue weighted by Gasteiger charge is 2.37. The second-order valence-corrected chi connectivity index (χ2v) is 11.3. The summed E-state index contributed by atoms with van der Waals surface area (Å²) in [6.07, 6.45) is 3.11. The Balaban J connectivity index is 1.22. The number of carbonyl (C=O) groups excluding carboxylic acids is 1. The van der Waals surface area contributed by atoms with Crippen molar-refractivity contribution in [3.63, 3.8) is 0 Å². The van der Waals surface area contributed by atoms with Crippen molar-refractivity contribution in [1.29, 1.82) is 0 Å². The molecule has 2 aliphatic heterocycles. The Morgan fingerprint density at radius 2 is 1.66 bits per heavy atom. The molecule has 2 aromatic carbocycles. The van der Waals surface area contributed by atoms with Crippen molar-refractivity contribution in [2.75, 3.05) is 26.2 Å². The van der Waals surface area contributed by atoms with Gasteiger partial charge in [0.2, 0.25) is 15.9 Å². The molecule has 3 heterocycles. The summed E-state index contributed by atoms with van der Waals surface area (Å²) in [6, 6.07) is 22.2. The summed E-state index contributed by atoms with van der Waals surface area (Å²) in [4.78, 5) is 15.7. The van der Waals surface area contributed by atoms with Crippen LogP contribution in [0.4, 0.5) is 0 Å². The zero-order valence-electron chi connectivity index (χ0n) is 19.8. The first-order valence-corrected chi connectivity index (χ1v) is 13.7. The fraction of sp³-hybridized carbons (Fsp3) is 0.370. The van der Waals surface area contributed by atoms with Gasteiger partial charge in [-0.3, -0.25) is 9.69 Å². The minimum absolute atomic E-state index is 0.108. The van der Waals surface area contributed by atoms with E-state index in [0.717, 1.165) is 31.7 Å². The van der Waals surface area contributed by atoms with Gasteiger partial charge < -0.3 is 9.88 Å². The number of aromatic nitrogens is 1. The second-order valence-electron chi connectivity index (χ2n) is 9.45. The minimum atomic E-state index is -3.71. The second kappa shape index (κ2) is 10.4. The van der Waals surface area contributed by atoms with Crippen molar-refractivity contribution in [3.05, 3.63) is 90.3 Å². The van der Waals surface area contributed by atoms with E-state index < -0.39 is 16.1 Å². The largest absolute Gasteiger partial charge is 0.356 e. The number of fused-ring (bicyclic) bond motifs is 1. The van der Waals surface area contributed by atoms with Gasteiger partial charge in [-0.25, -0.2) is 8.42 Å². The molecular weight excluding hydrogens is 460 g/mol. The molecule has 2 atom stereocenters. The van der Waals surface area contributed by atoms with Crippen LogP contribution in [-0.2, 0) is 27.9 Å². The molecule has 1 saturated heterocycles. The van der Waals surface area contributed by atoms with Crippen LogP contribution < -0.4 is 5.32 Å². The lowest BCUT2D eigenvalue weighted by atomic mass is 10.1. The highest BCUT2D eigenvalue weighted by atomic mass is 32.2. The average molecular weight is 493 g/mol. The van der Waals surface area contributed by atoms with Crippen LogP contribution >= 0.6 is 0 Å². The van der Waals surface area contributed by atoms with Crippen LogP contribution in [0.3, 0.4) is 0 Å².